The quantitative estimate of drug-likeness (QED) is 0.350. The van der Waals surface area contributed by atoms with Crippen LogP contribution in [0.4, 0.5) is 4.79 Å². The highest BCUT2D eigenvalue weighted by atomic mass is 32.2. The van der Waals surface area contributed by atoms with Crippen LogP contribution < -0.4 is 10.6 Å². The maximum absolute atomic E-state index is 13.6. The molecule has 248 valence electrons. The molecule has 0 aliphatic carbocycles. The zero-order chi connectivity index (χ0) is 32.1. The average Bonchev–Trinajstić information content (AvgIpc) is 3.26. The number of benzene rings is 1. The van der Waals surface area contributed by atoms with Crippen molar-refractivity contribution in [2.24, 2.45) is 5.92 Å². The van der Waals surface area contributed by atoms with Gasteiger partial charge in [0.25, 0.3) is 0 Å². The number of aliphatic hydroxyl groups is 1. The van der Waals surface area contributed by atoms with Gasteiger partial charge in [-0.1, -0.05) is 44.2 Å². The van der Waals surface area contributed by atoms with Gasteiger partial charge in [0.15, 0.2) is 9.84 Å². The van der Waals surface area contributed by atoms with Gasteiger partial charge in [0.05, 0.1) is 17.9 Å². The summed E-state index contributed by atoms with van der Waals surface area (Å²) in [4.78, 5) is 31.3. The first kappa shape index (κ1) is 35.0. The maximum atomic E-state index is 13.6. The minimum Gasteiger partial charge on any atom is -0.445 e. The van der Waals surface area contributed by atoms with E-state index in [9.17, 15) is 23.1 Å². The second kappa shape index (κ2) is 15.2. The summed E-state index contributed by atoms with van der Waals surface area (Å²) in [5.74, 6) is 2.02. The van der Waals surface area contributed by atoms with Gasteiger partial charge in [-0.25, -0.2) is 13.2 Å². The predicted molar refractivity (Wildman–Crippen MR) is 176 cm³/mol. The summed E-state index contributed by atoms with van der Waals surface area (Å²) in [6.07, 6.45) is 0.383. The second-order valence-corrected chi connectivity index (χ2v) is 17.4. The van der Waals surface area contributed by atoms with Gasteiger partial charge in [-0.3, -0.25) is 14.6 Å². The molecule has 0 aromatic heterocycles. The lowest BCUT2D eigenvalue weighted by Crippen LogP contribution is -2.64. The van der Waals surface area contributed by atoms with Gasteiger partial charge < -0.3 is 20.5 Å². The summed E-state index contributed by atoms with van der Waals surface area (Å²) < 4.78 is 30.9. The van der Waals surface area contributed by atoms with Crippen molar-refractivity contribution in [2.75, 3.05) is 43.4 Å². The van der Waals surface area contributed by atoms with Crippen molar-refractivity contribution in [1.82, 2.24) is 20.4 Å². The van der Waals surface area contributed by atoms with Gasteiger partial charge in [0.2, 0.25) is 5.91 Å². The highest BCUT2D eigenvalue weighted by molar-refractivity contribution is 7.99. The van der Waals surface area contributed by atoms with Crippen molar-refractivity contribution in [1.29, 1.82) is 0 Å². The Labute approximate surface area is 268 Å². The van der Waals surface area contributed by atoms with Crippen LogP contribution in [0, 0.1) is 5.92 Å². The molecule has 3 fully saturated rings. The number of hydrogen-bond donors (Lipinski definition) is 3. The first-order valence-corrected chi connectivity index (χ1v) is 18.9. The van der Waals surface area contributed by atoms with Crippen LogP contribution in [-0.2, 0) is 25.8 Å². The molecule has 3 aliphatic rings. The Morgan fingerprint density at radius 1 is 1.09 bits per heavy atom. The van der Waals surface area contributed by atoms with Crippen molar-refractivity contribution < 1.29 is 27.9 Å². The fraction of sp³-hybridized carbons (Fsp3) is 0.750. The molecule has 3 heterocycles. The van der Waals surface area contributed by atoms with Crippen LogP contribution in [0.3, 0.4) is 0 Å². The van der Waals surface area contributed by atoms with Crippen LogP contribution in [0.15, 0.2) is 30.3 Å². The molecule has 0 saturated carbocycles. The number of piperazine rings is 1. The summed E-state index contributed by atoms with van der Waals surface area (Å²) >= 11 is 1.98. The number of β-amino-alcohol motifs (C(OH)–C–C–N with tert-alkyl or cyclic N) is 1. The number of amides is 2. The van der Waals surface area contributed by atoms with Gasteiger partial charge in [-0.15, -0.1) is 0 Å². The van der Waals surface area contributed by atoms with Gasteiger partial charge in [-0.05, 0) is 69.4 Å². The summed E-state index contributed by atoms with van der Waals surface area (Å²) in [5.41, 5.74) is 0.538. The van der Waals surface area contributed by atoms with E-state index in [1.807, 2.05) is 81.6 Å². The van der Waals surface area contributed by atoms with Crippen LogP contribution in [0.1, 0.15) is 59.4 Å². The van der Waals surface area contributed by atoms with E-state index in [-0.39, 0.29) is 30.5 Å². The first-order valence-electron chi connectivity index (χ1n) is 16.0. The van der Waals surface area contributed by atoms with Crippen molar-refractivity contribution in [3.05, 3.63) is 35.9 Å². The molecule has 44 heavy (non-hydrogen) atoms. The van der Waals surface area contributed by atoms with Gasteiger partial charge in [0.1, 0.15) is 17.4 Å². The minimum atomic E-state index is -3.34. The SMILES string of the molecule is CC(C)[C@@H]1[C@H](OC(=O)N[C@@H](Cc2ccccc2)[C@H](O)CN2CCN(C3CCSCC3)C[C@H]2C(=O)NC(C)(C)C)CCS1(=O)=O. The Hall–Kier alpha value is -1.86. The van der Waals surface area contributed by atoms with Crippen molar-refractivity contribution in [2.45, 2.75) is 101 Å². The number of carbonyl (C=O) groups is 2. The van der Waals surface area contributed by atoms with Gasteiger partial charge >= 0.3 is 6.09 Å². The predicted octanol–water partition coefficient (Wildman–Crippen LogP) is 2.69. The Bertz CT molecular complexity index is 1200. The molecule has 5 atom stereocenters. The maximum Gasteiger partial charge on any atom is 0.407 e. The average molecular weight is 653 g/mol. The summed E-state index contributed by atoms with van der Waals surface area (Å²) in [6, 6.07) is 8.91. The second-order valence-electron chi connectivity index (χ2n) is 13.9. The number of thioether (sulfide) groups is 1. The standard InChI is InChI=1S/C32H52N4O6S2/c1-22(2)29-28(13-18-44(29,40)41)42-31(39)33-25(19-23-9-7-6-8-10-23)27(37)21-36-15-14-35(24-11-16-43-17-12-24)20-26(36)30(38)34-32(3,4)5/h6-10,22,24-29,37H,11-21H2,1-5H3,(H,33,39)(H,34,38)/t25-,26-,27+,28+,29+/m0/s1. The van der Waals surface area contributed by atoms with E-state index in [1.54, 1.807) is 0 Å². The number of aliphatic hydroxyl groups excluding tert-OH is 1. The van der Waals surface area contributed by atoms with Crippen LogP contribution in [0.25, 0.3) is 0 Å². The Morgan fingerprint density at radius 2 is 1.77 bits per heavy atom. The lowest BCUT2D eigenvalue weighted by atomic mass is 9.98. The Kier molecular flexibility index (Phi) is 12.1. The zero-order valence-electron chi connectivity index (χ0n) is 26.9. The fourth-order valence-corrected chi connectivity index (χ4v) is 10.2. The molecule has 3 aliphatic heterocycles. The lowest BCUT2D eigenvalue weighted by molar-refractivity contribution is -0.132. The topological polar surface area (TPSA) is 128 Å². The fourth-order valence-electron chi connectivity index (χ4n) is 6.77. The van der Waals surface area contributed by atoms with Crippen LogP contribution in [0.5, 0.6) is 0 Å². The van der Waals surface area contributed by atoms with E-state index in [0.717, 1.165) is 36.5 Å². The molecule has 0 radical (unpaired) electrons. The third kappa shape index (κ3) is 9.57. The summed E-state index contributed by atoms with van der Waals surface area (Å²) in [6.45, 7) is 11.8. The van der Waals surface area contributed by atoms with E-state index >= 15 is 0 Å². The Balaban J connectivity index is 1.49. The molecule has 10 nitrogen and oxygen atoms in total. The molecule has 12 heteroatoms. The van der Waals surface area contributed by atoms with Gasteiger partial charge in [-0.2, -0.15) is 11.8 Å². The third-order valence-corrected chi connectivity index (χ3v) is 12.4. The molecule has 2 amide bonds. The van der Waals surface area contributed by atoms with Crippen LogP contribution in [0.2, 0.25) is 0 Å². The number of rotatable bonds is 10. The number of hydrogen-bond acceptors (Lipinski definition) is 9. The van der Waals surface area contributed by atoms with E-state index in [0.29, 0.717) is 25.6 Å². The Morgan fingerprint density at radius 3 is 2.41 bits per heavy atom. The number of nitrogens with zero attached hydrogens (tertiary/aromatic N) is 2. The molecular formula is C32H52N4O6S2. The summed E-state index contributed by atoms with van der Waals surface area (Å²) in [5, 5.41) is 16.9. The molecule has 3 N–H and O–H groups in total. The monoisotopic (exact) mass is 652 g/mol. The highest BCUT2D eigenvalue weighted by Crippen LogP contribution is 2.30. The number of carbonyl (C=O) groups excluding carboxylic acids is 2. The first-order chi connectivity index (χ1) is 20.7. The van der Waals surface area contributed by atoms with Gasteiger partial charge in [0, 0.05) is 37.8 Å². The molecule has 0 unspecified atom stereocenters. The molecule has 1 aromatic rings. The van der Waals surface area contributed by atoms with Crippen molar-refractivity contribution in [3.8, 4) is 0 Å². The van der Waals surface area contributed by atoms with E-state index in [1.165, 1.54) is 0 Å². The van der Waals surface area contributed by atoms with Crippen LogP contribution >= 0.6 is 11.8 Å². The number of sulfone groups is 1. The molecule has 0 spiro atoms. The molecule has 1 aromatic carbocycles. The van der Waals surface area contributed by atoms with Crippen molar-refractivity contribution >= 4 is 33.6 Å². The van der Waals surface area contributed by atoms with Crippen molar-refractivity contribution in [3.63, 3.8) is 0 Å². The smallest absolute Gasteiger partial charge is 0.407 e. The van der Waals surface area contributed by atoms with E-state index in [2.05, 4.69) is 15.5 Å². The number of alkyl carbamates (subject to hydrolysis) is 1. The number of nitrogens with one attached hydrogen (secondary N) is 2. The molecule has 4 rings (SSSR count). The largest absolute Gasteiger partial charge is 0.445 e. The molecular weight excluding hydrogens is 601 g/mol. The van der Waals surface area contributed by atoms with E-state index in [4.69, 9.17) is 4.74 Å². The minimum absolute atomic E-state index is 0.00640. The summed E-state index contributed by atoms with van der Waals surface area (Å²) in [7, 11) is -3.34. The molecule has 0 bridgehead atoms. The number of ether oxygens (including phenoxy) is 1. The normalized spacial score (nSPS) is 26.7. The molecule has 3 saturated heterocycles. The van der Waals surface area contributed by atoms with Crippen LogP contribution in [-0.4, -0.2) is 120 Å². The van der Waals surface area contributed by atoms with E-state index < -0.39 is 51.0 Å². The third-order valence-electron chi connectivity index (χ3n) is 8.90. The lowest BCUT2D eigenvalue weighted by Gasteiger charge is -2.46. The zero-order valence-corrected chi connectivity index (χ0v) is 28.5. The highest BCUT2D eigenvalue weighted by Gasteiger charge is 2.45.